The summed E-state index contributed by atoms with van der Waals surface area (Å²) in [6.45, 7) is 4.12. The van der Waals surface area contributed by atoms with E-state index in [2.05, 4.69) is 13.8 Å². The molecular weight excluding hydrogens is 231 g/mol. The molecule has 3 heteroatoms. The van der Waals surface area contributed by atoms with E-state index in [4.69, 9.17) is 4.74 Å². The Labute approximate surface area is 108 Å². The van der Waals surface area contributed by atoms with Crippen LogP contribution in [0.1, 0.15) is 44.6 Å². The van der Waals surface area contributed by atoms with Crippen molar-refractivity contribution < 1.29 is 14.2 Å². The zero-order chi connectivity index (χ0) is 13.3. The van der Waals surface area contributed by atoms with Gasteiger partial charge in [-0.3, -0.25) is 0 Å². The SMILES string of the molecule is CCC1(CC)C(O)CC1c1c(F)cccc1OC. The molecule has 100 valence electrons. The topological polar surface area (TPSA) is 29.5 Å². The second-order valence-electron chi connectivity index (χ2n) is 5.10. The van der Waals surface area contributed by atoms with Crippen molar-refractivity contribution in [2.24, 2.45) is 5.41 Å². The van der Waals surface area contributed by atoms with Crippen molar-refractivity contribution in [1.29, 1.82) is 0 Å². The summed E-state index contributed by atoms with van der Waals surface area (Å²) in [5.74, 6) is 0.425. The minimum atomic E-state index is -0.332. The van der Waals surface area contributed by atoms with Crippen LogP contribution >= 0.6 is 0 Å². The predicted molar refractivity (Wildman–Crippen MR) is 69.3 cm³/mol. The molecule has 0 bridgehead atoms. The Balaban J connectivity index is 2.44. The quantitative estimate of drug-likeness (QED) is 0.888. The van der Waals surface area contributed by atoms with Gasteiger partial charge in [-0.05, 0) is 31.4 Å². The van der Waals surface area contributed by atoms with Gasteiger partial charge >= 0.3 is 0 Å². The molecule has 0 aromatic heterocycles. The van der Waals surface area contributed by atoms with Gasteiger partial charge in [0.15, 0.2) is 0 Å². The number of halogens is 1. The molecular formula is C15H21FO2. The zero-order valence-corrected chi connectivity index (χ0v) is 11.2. The van der Waals surface area contributed by atoms with Crippen LogP contribution < -0.4 is 4.74 Å². The molecule has 2 rings (SSSR count). The van der Waals surface area contributed by atoms with Crippen molar-refractivity contribution in [2.45, 2.75) is 45.1 Å². The van der Waals surface area contributed by atoms with Crippen molar-refractivity contribution in [3.8, 4) is 5.75 Å². The Morgan fingerprint density at radius 1 is 1.39 bits per heavy atom. The maximum absolute atomic E-state index is 14.1. The molecule has 2 unspecified atom stereocenters. The molecule has 1 aromatic rings. The second-order valence-corrected chi connectivity index (χ2v) is 5.10. The van der Waals surface area contributed by atoms with Crippen LogP contribution in [0.4, 0.5) is 4.39 Å². The number of hydrogen-bond donors (Lipinski definition) is 1. The Hall–Kier alpha value is -1.09. The molecule has 0 aliphatic heterocycles. The first-order valence-electron chi connectivity index (χ1n) is 6.61. The van der Waals surface area contributed by atoms with E-state index in [1.54, 1.807) is 19.2 Å². The Morgan fingerprint density at radius 3 is 2.56 bits per heavy atom. The van der Waals surface area contributed by atoms with Crippen molar-refractivity contribution in [1.82, 2.24) is 0 Å². The van der Waals surface area contributed by atoms with Gasteiger partial charge in [0.25, 0.3) is 0 Å². The van der Waals surface area contributed by atoms with Crippen LogP contribution in [0.3, 0.4) is 0 Å². The molecule has 1 fully saturated rings. The lowest BCUT2D eigenvalue weighted by Crippen LogP contribution is -2.51. The van der Waals surface area contributed by atoms with E-state index >= 15 is 0 Å². The van der Waals surface area contributed by atoms with Crippen LogP contribution in [0.5, 0.6) is 5.75 Å². The summed E-state index contributed by atoms with van der Waals surface area (Å²) < 4.78 is 19.4. The van der Waals surface area contributed by atoms with Gasteiger partial charge < -0.3 is 9.84 Å². The minimum Gasteiger partial charge on any atom is -0.496 e. The van der Waals surface area contributed by atoms with E-state index in [9.17, 15) is 9.50 Å². The fourth-order valence-electron chi connectivity index (χ4n) is 3.42. The van der Waals surface area contributed by atoms with E-state index in [1.165, 1.54) is 6.07 Å². The molecule has 0 heterocycles. The first kappa shape index (κ1) is 13.3. The third kappa shape index (κ3) is 1.72. The van der Waals surface area contributed by atoms with Crippen LogP contribution in [-0.2, 0) is 0 Å². The van der Waals surface area contributed by atoms with Gasteiger partial charge in [-0.1, -0.05) is 19.9 Å². The molecule has 2 nitrogen and oxygen atoms in total. The number of methoxy groups -OCH3 is 1. The fraction of sp³-hybridized carbons (Fsp3) is 0.600. The second kappa shape index (κ2) is 4.88. The summed E-state index contributed by atoms with van der Waals surface area (Å²) in [5, 5.41) is 10.1. The van der Waals surface area contributed by atoms with Crippen LogP contribution in [0.2, 0.25) is 0 Å². The number of aliphatic hydroxyl groups is 1. The fourth-order valence-corrected chi connectivity index (χ4v) is 3.42. The lowest BCUT2D eigenvalue weighted by molar-refractivity contribution is -0.0946. The van der Waals surface area contributed by atoms with Gasteiger partial charge in [-0.25, -0.2) is 4.39 Å². The minimum absolute atomic E-state index is 0.0543. The zero-order valence-electron chi connectivity index (χ0n) is 11.2. The Bertz CT molecular complexity index is 427. The Kier molecular flexibility index (Phi) is 3.62. The molecule has 1 aliphatic carbocycles. The van der Waals surface area contributed by atoms with Gasteiger partial charge in [0.2, 0.25) is 0 Å². The normalized spacial score (nSPS) is 25.6. The van der Waals surface area contributed by atoms with Crippen LogP contribution in [0.15, 0.2) is 18.2 Å². The summed E-state index contributed by atoms with van der Waals surface area (Å²) >= 11 is 0. The monoisotopic (exact) mass is 252 g/mol. The molecule has 0 radical (unpaired) electrons. The lowest BCUT2D eigenvalue weighted by Gasteiger charge is -2.54. The van der Waals surface area contributed by atoms with Crippen molar-refractivity contribution >= 4 is 0 Å². The molecule has 2 atom stereocenters. The first-order valence-corrected chi connectivity index (χ1v) is 6.61. The number of ether oxygens (including phenoxy) is 1. The van der Waals surface area contributed by atoms with E-state index < -0.39 is 0 Å². The smallest absolute Gasteiger partial charge is 0.130 e. The molecule has 1 N–H and O–H groups in total. The first-order chi connectivity index (χ1) is 8.60. The summed E-state index contributed by atoms with van der Waals surface area (Å²) in [6.07, 6.45) is 2.00. The third-order valence-corrected chi connectivity index (χ3v) is 4.71. The molecule has 0 saturated heterocycles. The van der Waals surface area contributed by atoms with Gasteiger partial charge in [0.05, 0.1) is 13.2 Å². The molecule has 0 amide bonds. The maximum Gasteiger partial charge on any atom is 0.130 e. The largest absolute Gasteiger partial charge is 0.496 e. The average molecular weight is 252 g/mol. The summed E-state index contributed by atoms with van der Waals surface area (Å²) in [7, 11) is 1.56. The van der Waals surface area contributed by atoms with Crippen LogP contribution in [-0.4, -0.2) is 18.3 Å². The van der Waals surface area contributed by atoms with E-state index in [0.29, 0.717) is 17.7 Å². The maximum atomic E-state index is 14.1. The Morgan fingerprint density at radius 2 is 2.06 bits per heavy atom. The lowest BCUT2D eigenvalue weighted by atomic mass is 9.53. The summed E-state index contributed by atoms with van der Waals surface area (Å²) in [5.41, 5.74) is 0.434. The standard InChI is InChI=1S/C15H21FO2/c1-4-15(5-2)10(9-13(15)17)14-11(16)7-6-8-12(14)18-3/h6-8,10,13,17H,4-5,9H2,1-3H3. The highest BCUT2D eigenvalue weighted by molar-refractivity contribution is 5.41. The van der Waals surface area contributed by atoms with Crippen LogP contribution in [0, 0.1) is 11.2 Å². The summed E-state index contributed by atoms with van der Waals surface area (Å²) in [4.78, 5) is 0. The number of benzene rings is 1. The molecule has 18 heavy (non-hydrogen) atoms. The molecule has 0 spiro atoms. The third-order valence-electron chi connectivity index (χ3n) is 4.71. The van der Waals surface area contributed by atoms with E-state index in [1.807, 2.05) is 0 Å². The molecule has 1 saturated carbocycles. The van der Waals surface area contributed by atoms with Crippen molar-refractivity contribution in [3.05, 3.63) is 29.6 Å². The molecule has 1 aromatic carbocycles. The van der Waals surface area contributed by atoms with Crippen LogP contribution in [0.25, 0.3) is 0 Å². The number of aliphatic hydroxyl groups excluding tert-OH is 1. The predicted octanol–water partition coefficient (Wildman–Crippen LogP) is 3.49. The van der Waals surface area contributed by atoms with Gasteiger partial charge in [0.1, 0.15) is 11.6 Å². The number of rotatable bonds is 4. The van der Waals surface area contributed by atoms with E-state index in [0.717, 1.165) is 12.8 Å². The highest BCUT2D eigenvalue weighted by atomic mass is 19.1. The van der Waals surface area contributed by atoms with Crippen molar-refractivity contribution in [3.63, 3.8) is 0 Å². The highest BCUT2D eigenvalue weighted by Crippen LogP contribution is 2.59. The average Bonchev–Trinajstić information content (AvgIpc) is 2.38. The molecule has 1 aliphatic rings. The van der Waals surface area contributed by atoms with E-state index in [-0.39, 0.29) is 23.3 Å². The van der Waals surface area contributed by atoms with Gasteiger partial charge in [-0.15, -0.1) is 0 Å². The highest BCUT2D eigenvalue weighted by Gasteiger charge is 2.53. The van der Waals surface area contributed by atoms with Crippen molar-refractivity contribution in [2.75, 3.05) is 7.11 Å². The van der Waals surface area contributed by atoms with Gasteiger partial charge in [0, 0.05) is 16.9 Å². The number of hydrogen-bond acceptors (Lipinski definition) is 2. The van der Waals surface area contributed by atoms with Gasteiger partial charge in [-0.2, -0.15) is 0 Å². The summed E-state index contributed by atoms with van der Waals surface area (Å²) in [6, 6.07) is 4.92.